The molecule has 0 spiro atoms. The summed E-state index contributed by atoms with van der Waals surface area (Å²) in [5.41, 5.74) is 1.48. The molecule has 0 bridgehead atoms. The molecule has 0 saturated carbocycles. The van der Waals surface area contributed by atoms with Crippen LogP contribution < -0.4 is 0 Å². The highest BCUT2D eigenvalue weighted by atomic mass is 19.4. The van der Waals surface area contributed by atoms with Crippen LogP contribution in [-0.2, 0) is 12.6 Å². The van der Waals surface area contributed by atoms with Gasteiger partial charge in [-0.2, -0.15) is 13.2 Å². The van der Waals surface area contributed by atoms with E-state index in [9.17, 15) is 13.2 Å². The molecule has 88 valence electrons. The lowest BCUT2D eigenvalue weighted by Gasteiger charge is -2.17. The summed E-state index contributed by atoms with van der Waals surface area (Å²) in [4.78, 5) is 0. The molecular formula is C13H15F3. The lowest BCUT2D eigenvalue weighted by molar-refractivity contribution is -0.137. The predicted molar refractivity (Wildman–Crippen MR) is 57.3 cm³/mol. The number of aryl methyl sites for hydroxylation is 1. The average Bonchev–Trinajstić information content (AvgIpc) is 2.58. The van der Waals surface area contributed by atoms with Gasteiger partial charge in [0.05, 0.1) is 5.56 Å². The van der Waals surface area contributed by atoms with Crippen molar-refractivity contribution in [2.24, 2.45) is 5.92 Å². The van der Waals surface area contributed by atoms with Crippen LogP contribution in [0.5, 0.6) is 0 Å². The normalized spacial score (nSPS) is 20.2. The maximum absolute atomic E-state index is 12.6. The summed E-state index contributed by atoms with van der Waals surface area (Å²) in [6.45, 7) is 4.14. The molecule has 16 heavy (non-hydrogen) atoms. The number of halogens is 3. The van der Waals surface area contributed by atoms with Gasteiger partial charge in [-0.1, -0.05) is 19.9 Å². The molecule has 0 aliphatic heterocycles. The molecule has 1 aromatic carbocycles. The first-order valence-electron chi connectivity index (χ1n) is 5.59. The third-order valence-electron chi connectivity index (χ3n) is 3.40. The van der Waals surface area contributed by atoms with Crippen LogP contribution in [0.1, 0.15) is 42.9 Å². The fourth-order valence-corrected chi connectivity index (χ4v) is 2.50. The van der Waals surface area contributed by atoms with E-state index in [2.05, 4.69) is 13.8 Å². The summed E-state index contributed by atoms with van der Waals surface area (Å²) < 4.78 is 37.8. The van der Waals surface area contributed by atoms with Gasteiger partial charge < -0.3 is 0 Å². The van der Waals surface area contributed by atoms with E-state index in [1.807, 2.05) is 0 Å². The Bertz CT molecular complexity index is 391. The van der Waals surface area contributed by atoms with E-state index in [4.69, 9.17) is 0 Å². The van der Waals surface area contributed by atoms with Gasteiger partial charge in [-0.15, -0.1) is 0 Å². The Hall–Kier alpha value is -0.990. The molecule has 0 nitrogen and oxygen atoms in total. The Morgan fingerprint density at radius 2 is 1.94 bits per heavy atom. The van der Waals surface area contributed by atoms with Crippen LogP contribution in [0.15, 0.2) is 18.2 Å². The van der Waals surface area contributed by atoms with Gasteiger partial charge in [0.25, 0.3) is 0 Å². The van der Waals surface area contributed by atoms with E-state index < -0.39 is 11.7 Å². The highest BCUT2D eigenvalue weighted by Crippen LogP contribution is 2.41. The molecule has 0 N–H and O–H groups in total. The van der Waals surface area contributed by atoms with Gasteiger partial charge in [-0.25, -0.2) is 0 Å². The van der Waals surface area contributed by atoms with E-state index in [1.54, 1.807) is 6.07 Å². The highest BCUT2D eigenvalue weighted by Gasteiger charge is 2.33. The molecule has 0 aromatic heterocycles. The third-order valence-corrected chi connectivity index (χ3v) is 3.40. The minimum Gasteiger partial charge on any atom is -0.166 e. The zero-order chi connectivity index (χ0) is 11.9. The highest BCUT2D eigenvalue weighted by molar-refractivity contribution is 5.39. The van der Waals surface area contributed by atoms with Crippen LogP contribution in [0, 0.1) is 5.92 Å². The van der Waals surface area contributed by atoms with Crippen molar-refractivity contribution in [2.45, 2.75) is 38.8 Å². The van der Waals surface area contributed by atoms with Crippen molar-refractivity contribution < 1.29 is 13.2 Å². The molecule has 1 atom stereocenters. The maximum Gasteiger partial charge on any atom is 0.416 e. The number of rotatable bonds is 1. The molecule has 1 aliphatic rings. The summed E-state index contributed by atoms with van der Waals surface area (Å²) in [6, 6.07) is 4.18. The fraction of sp³-hybridized carbons (Fsp3) is 0.538. The van der Waals surface area contributed by atoms with E-state index in [-0.39, 0.29) is 5.92 Å². The summed E-state index contributed by atoms with van der Waals surface area (Å²) >= 11 is 0. The molecule has 1 aromatic rings. The minimum atomic E-state index is -4.22. The van der Waals surface area contributed by atoms with Crippen LogP contribution in [0.4, 0.5) is 13.2 Å². The SMILES string of the molecule is CC(C)[C@H]1CCc2ccc(C(F)(F)F)cc21. The first kappa shape index (κ1) is 11.5. The second-order valence-corrected chi connectivity index (χ2v) is 4.80. The van der Waals surface area contributed by atoms with E-state index in [1.165, 1.54) is 12.1 Å². The number of hydrogen-bond acceptors (Lipinski definition) is 0. The van der Waals surface area contributed by atoms with Gasteiger partial charge in [-0.3, -0.25) is 0 Å². The monoisotopic (exact) mass is 228 g/mol. The molecule has 0 saturated heterocycles. The number of alkyl halides is 3. The first-order valence-corrected chi connectivity index (χ1v) is 5.59. The molecule has 0 fully saturated rings. The molecule has 0 unspecified atom stereocenters. The minimum absolute atomic E-state index is 0.289. The molecule has 0 radical (unpaired) electrons. The zero-order valence-corrected chi connectivity index (χ0v) is 9.43. The standard InChI is InChI=1S/C13H15F3/c1-8(2)11-6-4-9-3-5-10(7-12(9)11)13(14,15)16/h3,5,7-8,11H,4,6H2,1-2H3/t11-/m1/s1. The van der Waals surface area contributed by atoms with Gasteiger partial charge in [0.1, 0.15) is 0 Å². The van der Waals surface area contributed by atoms with Gasteiger partial charge >= 0.3 is 6.18 Å². The Labute approximate surface area is 93.5 Å². The van der Waals surface area contributed by atoms with Crippen LogP contribution in [0.2, 0.25) is 0 Å². The van der Waals surface area contributed by atoms with Crippen molar-refractivity contribution in [3.8, 4) is 0 Å². The summed E-state index contributed by atoms with van der Waals surface area (Å²) in [5, 5.41) is 0. The number of benzene rings is 1. The largest absolute Gasteiger partial charge is 0.416 e. The molecular weight excluding hydrogens is 213 g/mol. The van der Waals surface area contributed by atoms with Crippen LogP contribution >= 0.6 is 0 Å². The van der Waals surface area contributed by atoms with E-state index in [0.29, 0.717) is 5.92 Å². The fourth-order valence-electron chi connectivity index (χ4n) is 2.50. The van der Waals surface area contributed by atoms with E-state index >= 15 is 0 Å². The predicted octanol–water partition coefficient (Wildman–Crippen LogP) is 4.39. The topological polar surface area (TPSA) is 0 Å². The van der Waals surface area contributed by atoms with Crippen molar-refractivity contribution >= 4 is 0 Å². The molecule has 0 amide bonds. The Balaban J connectivity index is 2.41. The van der Waals surface area contributed by atoms with Crippen molar-refractivity contribution in [2.75, 3.05) is 0 Å². The van der Waals surface area contributed by atoms with Crippen molar-refractivity contribution in [1.29, 1.82) is 0 Å². The molecule has 3 heteroatoms. The van der Waals surface area contributed by atoms with Gasteiger partial charge in [-0.05, 0) is 47.9 Å². The Kier molecular flexibility index (Phi) is 2.72. The zero-order valence-electron chi connectivity index (χ0n) is 9.43. The average molecular weight is 228 g/mol. The maximum atomic E-state index is 12.6. The van der Waals surface area contributed by atoms with Crippen molar-refractivity contribution in [3.63, 3.8) is 0 Å². The molecule has 1 aliphatic carbocycles. The molecule has 0 heterocycles. The van der Waals surface area contributed by atoms with Crippen LogP contribution in [0.3, 0.4) is 0 Å². The molecule has 2 rings (SSSR count). The van der Waals surface area contributed by atoms with Crippen molar-refractivity contribution in [1.82, 2.24) is 0 Å². The quantitative estimate of drug-likeness (QED) is 0.668. The summed E-state index contributed by atoms with van der Waals surface area (Å²) in [6.07, 6.45) is -2.33. The van der Waals surface area contributed by atoms with Gasteiger partial charge in [0, 0.05) is 0 Å². The van der Waals surface area contributed by atoms with E-state index in [0.717, 1.165) is 24.0 Å². The van der Waals surface area contributed by atoms with Gasteiger partial charge in [0.2, 0.25) is 0 Å². The van der Waals surface area contributed by atoms with Crippen LogP contribution in [0.25, 0.3) is 0 Å². The lowest BCUT2D eigenvalue weighted by Crippen LogP contribution is -2.08. The van der Waals surface area contributed by atoms with Crippen molar-refractivity contribution in [3.05, 3.63) is 34.9 Å². The first-order chi connectivity index (χ1) is 7.39. The summed E-state index contributed by atoms with van der Waals surface area (Å²) in [5.74, 6) is 0.696. The summed E-state index contributed by atoms with van der Waals surface area (Å²) in [7, 11) is 0. The second kappa shape index (κ2) is 3.79. The smallest absolute Gasteiger partial charge is 0.166 e. The lowest BCUT2D eigenvalue weighted by atomic mass is 9.89. The van der Waals surface area contributed by atoms with Gasteiger partial charge in [0.15, 0.2) is 0 Å². The Morgan fingerprint density at radius 1 is 1.25 bits per heavy atom. The Morgan fingerprint density at radius 3 is 2.50 bits per heavy atom. The third kappa shape index (κ3) is 1.95. The second-order valence-electron chi connectivity index (χ2n) is 4.80. The number of hydrogen-bond donors (Lipinski definition) is 0. The van der Waals surface area contributed by atoms with Crippen LogP contribution in [-0.4, -0.2) is 0 Å². The number of fused-ring (bicyclic) bond motifs is 1.